The molecular formula is C13H20N2O4. The largest absolute Gasteiger partial charge is 0.475 e. The van der Waals surface area contributed by atoms with Gasteiger partial charge in [0.15, 0.2) is 0 Å². The number of carboxylic acids is 1. The predicted octanol–water partition coefficient (Wildman–Crippen LogP) is 1.23. The molecule has 19 heavy (non-hydrogen) atoms. The van der Waals surface area contributed by atoms with E-state index in [-0.39, 0.29) is 12.3 Å². The number of aryl methyl sites for hydroxylation is 1. The Bertz CT molecular complexity index is 465. The van der Waals surface area contributed by atoms with E-state index in [1.165, 1.54) is 0 Å². The normalized spacial score (nSPS) is 11.2. The zero-order valence-electron chi connectivity index (χ0n) is 11.5. The first kappa shape index (κ1) is 15.2. The fourth-order valence-corrected chi connectivity index (χ4v) is 1.98. The molecule has 1 rings (SSSR count). The van der Waals surface area contributed by atoms with Crippen LogP contribution in [0, 0.1) is 12.8 Å². The van der Waals surface area contributed by atoms with Crippen LogP contribution in [0.15, 0.2) is 10.5 Å². The number of aromatic carboxylic acids is 1. The number of amides is 1. The van der Waals surface area contributed by atoms with Crippen LogP contribution >= 0.6 is 0 Å². The summed E-state index contributed by atoms with van der Waals surface area (Å²) in [6.07, 6.45) is 0. The third-order valence-electron chi connectivity index (χ3n) is 2.55. The Balaban J connectivity index is 2.80. The van der Waals surface area contributed by atoms with Crippen molar-refractivity contribution in [1.29, 1.82) is 0 Å². The SMILES string of the molecule is Cc1cc(CN(CC(N)=O)CC(C)C)oc1C(=O)O. The van der Waals surface area contributed by atoms with Gasteiger partial charge in [-0.1, -0.05) is 13.8 Å². The third kappa shape index (κ3) is 4.75. The quantitative estimate of drug-likeness (QED) is 0.775. The van der Waals surface area contributed by atoms with Crippen LogP contribution in [0.4, 0.5) is 0 Å². The molecule has 1 heterocycles. The standard InChI is InChI=1S/C13H20N2O4/c1-8(2)5-15(7-11(14)16)6-10-4-9(3)12(19-10)13(17)18/h4,8H,5-7H2,1-3H3,(H2,14,16)(H,17,18). The van der Waals surface area contributed by atoms with Crippen molar-refractivity contribution in [3.8, 4) is 0 Å². The molecule has 0 bridgehead atoms. The second-order valence-electron chi connectivity index (χ2n) is 5.06. The van der Waals surface area contributed by atoms with E-state index < -0.39 is 11.9 Å². The second kappa shape index (κ2) is 6.38. The highest BCUT2D eigenvalue weighted by Gasteiger charge is 2.17. The summed E-state index contributed by atoms with van der Waals surface area (Å²) in [5.74, 6) is -0.666. The first-order chi connectivity index (χ1) is 8.79. The van der Waals surface area contributed by atoms with Gasteiger partial charge in [-0.05, 0) is 18.9 Å². The van der Waals surface area contributed by atoms with Crippen LogP contribution in [0.5, 0.6) is 0 Å². The van der Waals surface area contributed by atoms with Gasteiger partial charge in [0.1, 0.15) is 5.76 Å². The molecule has 6 heteroatoms. The van der Waals surface area contributed by atoms with Gasteiger partial charge in [-0.15, -0.1) is 0 Å². The van der Waals surface area contributed by atoms with Crippen molar-refractivity contribution in [2.45, 2.75) is 27.3 Å². The highest BCUT2D eigenvalue weighted by molar-refractivity contribution is 5.86. The Hall–Kier alpha value is -1.82. The lowest BCUT2D eigenvalue weighted by molar-refractivity contribution is -0.119. The van der Waals surface area contributed by atoms with E-state index in [2.05, 4.69) is 0 Å². The summed E-state index contributed by atoms with van der Waals surface area (Å²) < 4.78 is 5.28. The summed E-state index contributed by atoms with van der Waals surface area (Å²) in [4.78, 5) is 23.8. The minimum atomic E-state index is -1.09. The molecule has 106 valence electrons. The van der Waals surface area contributed by atoms with Crippen LogP contribution in [-0.2, 0) is 11.3 Å². The summed E-state index contributed by atoms with van der Waals surface area (Å²) in [6, 6.07) is 1.68. The molecule has 0 aliphatic heterocycles. The fraction of sp³-hybridized carbons (Fsp3) is 0.538. The van der Waals surface area contributed by atoms with Crippen molar-refractivity contribution < 1.29 is 19.1 Å². The molecule has 0 aliphatic carbocycles. The zero-order chi connectivity index (χ0) is 14.6. The fourth-order valence-electron chi connectivity index (χ4n) is 1.98. The van der Waals surface area contributed by atoms with Gasteiger partial charge in [-0.2, -0.15) is 0 Å². The topological polar surface area (TPSA) is 96.8 Å². The number of furan rings is 1. The molecule has 6 nitrogen and oxygen atoms in total. The number of nitrogens with two attached hydrogens (primary N) is 1. The van der Waals surface area contributed by atoms with E-state index in [4.69, 9.17) is 15.3 Å². The highest BCUT2D eigenvalue weighted by atomic mass is 16.4. The molecule has 0 atom stereocenters. The molecule has 0 radical (unpaired) electrons. The van der Waals surface area contributed by atoms with Gasteiger partial charge in [-0.3, -0.25) is 9.69 Å². The van der Waals surface area contributed by atoms with Crippen molar-refractivity contribution in [1.82, 2.24) is 4.90 Å². The third-order valence-corrected chi connectivity index (χ3v) is 2.55. The monoisotopic (exact) mass is 268 g/mol. The lowest BCUT2D eigenvalue weighted by Gasteiger charge is -2.21. The van der Waals surface area contributed by atoms with Gasteiger partial charge in [-0.25, -0.2) is 4.79 Å². The Morgan fingerprint density at radius 1 is 1.47 bits per heavy atom. The Labute approximate surface area is 112 Å². The van der Waals surface area contributed by atoms with Crippen molar-refractivity contribution in [3.05, 3.63) is 23.2 Å². The number of hydrogen-bond acceptors (Lipinski definition) is 4. The molecule has 0 saturated carbocycles. The summed E-state index contributed by atoms with van der Waals surface area (Å²) in [7, 11) is 0. The first-order valence-electron chi connectivity index (χ1n) is 6.12. The van der Waals surface area contributed by atoms with E-state index in [1.807, 2.05) is 18.7 Å². The number of carboxylic acid groups (broad SMARTS) is 1. The van der Waals surface area contributed by atoms with E-state index in [0.29, 0.717) is 30.3 Å². The van der Waals surface area contributed by atoms with E-state index in [9.17, 15) is 9.59 Å². The molecule has 0 fully saturated rings. The number of primary amides is 1. The maximum Gasteiger partial charge on any atom is 0.372 e. The Morgan fingerprint density at radius 2 is 2.11 bits per heavy atom. The van der Waals surface area contributed by atoms with Gasteiger partial charge in [0.2, 0.25) is 11.7 Å². The predicted molar refractivity (Wildman–Crippen MR) is 69.7 cm³/mol. The number of rotatable bonds is 7. The maximum atomic E-state index is 11.0. The van der Waals surface area contributed by atoms with Crippen LogP contribution in [-0.4, -0.2) is 35.0 Å². The lowest BCUT2D eigenvalue weighted by atomic mass is 10.2. The molecule has 1 amide bonds. The number of nitrogens with zero attached hydrogens (tertiary/aromatic N) is 1. The minimum Gasteiger partial charge on any atom is -0.475 e. The summed E-state index contributed by atoms with van der Waals surface area (Å²) in [5.41, 5.74) is 5.78. The van der Waals surface area contributed by atoms with Gasteiger partial charge < -0.3 is 15.3 Å². The first-order valence-corrected chi connectivity index (χ1v) is 6.12. The molecule has 0 spiro atoms. The van der Waals surface area contributed by atoms with Gasteiger partial charge in [0.05, 0.1) is 13.1 Å². The van der Waals surface area contributed by atoms with Crippen LogP contribution in [0.2, 0.25) is 0 Å². The Kier molecular flexibility index (Phi) is 5.11. The molecule has 1 aromatic heterocycles. The number of carbonyl (C=O) groups is 2. The minimum absolute atomic E-state index is 0.0569. The molecule has 1 aromatic rings. The van der Waals surface area contributed by atoms with E-state index in [1.54, 1.807) is 13.0 Å². The maximum absolute atomic E-state index is 11.0. The zero-order valence-corrected chi connectivity index (χ0v) is 11.5. The highest BCUT2D eigenvalue weighted by Crippen LogP contribution is 2.16. The average molecular weight is 268 g/mol. The smallest absolute Gasteiger partial charge is 0.372 e. The lowest BCUT2D eigenvalue weighted by Crippen LogP contribution is -2.35. The van der Waals surface area contributed by atoms with Crippen molar-refractivity contribution >= 4 is 11.9 Å². The van der Waals surface area contributed by atoms with Crippen LogP contribution < -0.4 is 5.73 Å². The molecule has 0 unspecified atom stereocenters. The van der Waals surface area contributed by atoms with Crippen LogP contribution in [0.25, 0.3) is 0 Å². The summed E-state index contributed by atoms with van der Waals surface area (Å²) >= 11 is 0. The van der Waals surface area contributed by atoms with E-state index >= 15 is 0 Å². The molecule has 0 aromatic carbocycles. The van der Waals surface area contributed by atoms with Gasteiger partial charge in [0.25, 0.3) is 0 Å². The van der Waals surface area contributed by atoms with E-state index in [0.717, 1.165) is 0 Å². The van der Waals surface area contributed by atoms with Crippen LogP contribution in [0.3, 0.4) is 0 Å². The van der Waals surface area contributed by atoms with Gasteiger partial charge >= 0.3 is 5.97 Å². The number of hydrogen-bond donors (Lipinski definition) is 2. The van der Waals surface area contributed by atoms with Crippen LogP contribution in [0.1, 0.15) is 35.7 Å². The molecule has 0 saturated heterocycles. The van der Waals surface area contributed by atoms with Gasteiger partial charge in [0, 0.05) is 12.1 Å². The Morgan fingerprint density at radius 3 is 2.53 bits per heavy atom. The molecule has 0 aliphatic rings. The number of carbonyl (C=O) groups excluding carboxylic acids is 1. The summed E-state index contributed by atoms with van der Waals surface area (Å²) in [5, 5.41) is 8.92. The van der Waals surface area contributed by atoms with Crippen molar-refractivity contribution in [3.63, 3.8) is 0 Å². The van der Waals surface area contributed by atoms with Crippen molar-refractivity contribution in [2.75, 3.05) is 13.1 Å². The molecule has 3 N–H and O–H groups in total. The molecular weight excluding hydrogens is 248 g/mol. The summed E-state index contributed by atoms with van der Waals surface area (Å²) in [6.45, 7) is 6.92. The van der Waals surface area contributed by atoms with Crippen molar-refractivity contribution in [2.24, 2.45) is 11.7 Å². The second-order valence-corrected chi connectivity index (χ2v) is 5.06. The average Bonchev–Trinajstić information content (AvgIpc) is 2.57.